The molecule has 1 heterocycles. The number of nitrogens with zero attached hydrogens (tertiary/aromatic N) is 1. The molecule has 0 N–H and O–H groups in total. The first-order valence-electron chi connectivity index (χ1n) is 2.50. The smallest absolute Gasteiger partial charge is 0.105 e. The molecule has 44 valence electrons. The van der Waals surface area contributed by atoms with Gasteiger partial charge in [-0.3, -0.25) is 0 Å². The van der Waals surface area contributed by atoms with Crippen LogP contribution in [0.3, 0.4) is 0 Å². The first-order chi connectivity index (χ1) is 3.79. The number of rotatable bonds is 0. The van der Waals surface area contributed by atoms with Gasteiger partial charge in [0.25, 0.3) is 0 Å². The molecule has 0 aromatic heterocycles. The van der Waals surface area contributed by atoms with Crippen molar-refractivity contribution in [2.75, 3.05) is 5.75 Å². The molecule has 0 fully saturated rings. The number of hydrogen-bond donors (Lipinski definition) is 0. The van der Waals surface area contributed by atoms with Crippen molar-refractivity contribution >= 4 is 34.0 Å². The van der Waals surface area contributed by atoms with Crippen LogP contribution in [0.4, 0.5) is 0 Å². The topological polar surface area (TPSA) is 12.4 Å². The molecule has 0 aliphatic carbocycles. The number of aliphatic imine (C=N–C) groups is 1. The second kappa shape index (κ2) is 2.60. The van der Waals surface area contributed by atoms with Crippen LogP contribution in [0.25, 0.3) is 0 Å². The van der Waals surface area contributed by atoms with Crippen LogP contribution in [-0.2, 0) is 0 Å². The Hall–Kier alpha value is 0.110. The highest BCUT2D eigenvalue weighted by Crippen LogP contribution is 2.12. The fourth-order valence-electron chi connectivity index (χ4n) is 0.550. The van der Waals surface area contributed by atoms with E-state index in [0.29, 0.717) is 0 Å². The van der Waals surface area contributed by atoms with Gasteiger partial charge in [0.15, 0.2) is 0 Å². The molecule has 0 bridgehead atoms. The van der Waals surface area contributed by atoms with Crippen LogP contribution < -0.4 is 0 Å². The zero-order valence-corrected chi connectivity index (χ0v) is 6.31. The zero-order chi connectivity index (χ0) is 5.98. The van der Waals surface area contributed by atoms with E-state index in [0.717, 1.165) is 22.2 Å². The van der Waals surface area contributed by atoms with E-state index in [-0.39, 0.29) is 0 Å². The Kier molecular flexibility index (Phi) is 2.02. The van der Waals surface area contributed by atoms with Crippen LogP contribution in [0.2, 0.25) is 0 Å². The Morgan fingerprint density at radius 3 is 2.88 bits per heavy atom. The Balaban J connectivity index is 2.64. The molecule has 0 amide bonds. The van der Waals surface area contributed by atoms with Crippen LogP contribution in [0.15, 0.2) is 4.99 Å². The van der Waals surface area contributed by atoms with E-state index in [1.54, 1.807) is 11.8 Å². The molecule has 0 saturated carbocycles. The molecule has 0 unspecified atom stereocenters. The Labute approximate surface area is 58.6 Å². The molecule has 1 nitrogen and oxygen atoms in total. The summed E-state index contributed by atoms with van der Waals surface area (Å²) >= 11 is 6.67. The van der Waals surface area contributed by atoms with Crippen molar-refractivity contribution in [2.45, 2.75) is 13.3 Å². The Morgan fingerprint density at radius 2 is 2.50 bits per heavy atom. The van der Waals surface area contributed by atoms with Crippen molar-refractivity contribution in [3.8, 4) is 0 Å². The van der Waals surface area contributed by atoms with Gasteiger partial charge in [-0.25, -0.2) is 4.99 Å². The minimum atomic E-state index is 0.862. The number of thiocarbonyl (C=S) groups is 1. The average Bonchev–Trinajstić information content (AvgIpc) is 1.64. The average molecular weight is 145 g/mol. The van der Waals surface area contributed by atoms with Gasteiger partial charge < -0.3 is 0 Å². The van der Waals surface area contributed by atoms with Gasteiger partial charge in [0.1, 0.15) is 4.99 Å². The summed E-state index contributed by atoms with van der Waals surface area (Å²) in [5.41, 5.74) is 0. The quantitative estimate of drug-likeness (QED) is 0.482. The van der Waals surface area contributed by atoms with E-state index in [2.05, 4.69) is 4.99 Å². The summed E-state index contributed by atoms with van der Waals surface area (Å²) in [6.07, 6.45) is 0.983. The van der Waals surface area contributed by atoms with Crippen molar-refractivity contribution in [1.82, 2.24) is 0 Å². The first kappa shape index (κ1) is 6.23. The van der Waals surface area contributed by atoms with Crippen molar-refractivity contribution in [3.63, 3.8) is 0 Å². The predicted molar refractivity (Wildman–Crippen MR) is 42.8 cm³/mol. The van der Waals surface area contributed by atoms with Crippen LogP contribution in [0.5, 0.6) is 0 Å². The van der Waals surface area contributed by atoms with Crippen LogP contribution in [-0.4, -0.2) is 15.8 Å². The molecule has 8 heavy (non-hydrogen) atoms. The van der Waals surface area contributed by atoms with Gasteiger partial charge in [0.2, 0.25) is 0 Å². The van der Waals surface area contributed by atoms with Crippen molar-refractivity contribution in [1.29, 1.82) is 0 Å². The summed E-state index contributed by atoms with van der Waals surface area (Å²) in [5.74, 6) is 1.12. The second-order valence-corrected chi connectivity index (χ2v) is 3.38. The number of thioether (sulfide) groups is 1. The van der Waals surface area contributed by atoms with Gasteiger partial charge >= 0.3 is 0 Å². The summed E-state index contributed by atoms with van der Waals surface area (Å²) in [6, 6.07) is 0. The van der Waals surface area contributed by atoms with Crippen LogP contribution >= 0.6 is 24.0 Å². The first-order valence-corrected chi connectivity index (χ1v) is 3.89. The van der Waals surface area contributed by atoms with Gasteiger partial charge in [-0.1, -0.05) is 12.2 Å². The highest BCUT2D eigenvalue weighted by molar-refractivity contribution is 8.14. The van der Waals surface area contributed by atoms with Crippen molar-refractivity contribution in [3.05, 3.63) is 0 Å². The van der Waals surface area contributed by atoms with Gasteiger partial charge in [-0.05, 0) is 6.92 Å². The maximum Gasteiger partial charge on any atom is 0.105 e. The highest BCUT2D eigenvalue weighted by atomic mass is 32.2. The van der Waals surface area contributed by atoms with Gasteiger partial charge in [-0.15, -0.1) is 11.8 Å². The fraction of sp³-hybridized carbons (Fsp3) is 0.600. The SMILES string of the molecule is CC1=NC(=S)CCS1. The lowest BCUT2D eigenvalue weighted by atomic mass is 10.5. The summed E-state index contributed by atoms with van der Waals surface area (Å²) in [7, 11) is 0. The van der Waals surface area contributed by atoms with Gasteiger partial charge in [0, 0.05) is 12.2 Å². The lowest BCUT2D eigenvalue weighted by Gasteiger charge is -2.05. The van der Waals surface area contributed by atoms with E-state index >= 15 is 0 Å². The summed E-state index contributed by atoms with van der Waals surface area (Å²) in [5, 5.41) is 1.11. The van der Waals surface area contributed by atoms with E-state index in [4.69, 9.17) is 12.2 Å². The molecule has 0 aromatic rings. The lowest BCUT2D eigenvalue weighted by Crippen LogP contribution is -2.03. The third-order valence-corrected chi connectivity index (χ3v) is 2.12. The maximum absolute atomic E-state index is 4.88. The lowest BCUT2D eigenvalue weighted by molar-refractivity contribution is 1.30. The summed E-state index contributed by atoms with van der Waals surface area (Å²) < 4.78 is 0. The Bertz CT molecular complexity index is 139. The summed E-state index contributed by atoms with van der Waals surface area (Å²) in [4.78, 5) is 4.96. The molecule has 1 rings (SSSR count). The van der Waals surface area contributed by atoms with Gasteiger partial charge in [0.05, 0.1) is 5.04 Å². The highest BCUT2D eigenvalue weighted by Gasteiger charge is 2.03. The molecule has 1 aliphatic rings. The molecule has 0 aromatic carbocycles. The van der Waals surface area contributed by atoms with Gasteiger partial charge in [-0.2, -0.15) is 0 Å². The van der Waals surface area contributed by atoms with Crippen molar-refractivity contribution < 1.29 is 0 Å². The minimum Gasteiger partial charge on any atom is -0.240 e. The molecule has 0 saturated heterocycles. The second-order valence-electron chi connectivity index (χ2n) is 1.62. The molecule has 0 atom stereocenters. The zero-order valence-electron chi connectivity index (χ0n) is 4.68. The molecule has 0 radical (unpaired) electrons. The molecular weight excluding hydrogens is 138 g/mol. The normalized spacial score (nSPS) is 20.6. The van der Waals surface area contributed by atoms with Crippen LogP contribution in [0.1, 0.15) is 13.3 Å². The largest absolute Gasteiger partial charge is 0.240 e. The Morgan fingerprint density at radius 1 is 1.75 bits per heavy atom. The standard InChI is InChI=1S/C5H7NS2/c1-4-6-5(7)2-3-8-4/h2-3H2,1H3. The summed E-state index contributed by atoms with van der Waals surface area (Å²) in [6.45, 7) is 2.00. The predicted octanol–water partition coefficient (Wildman–Crippen LogP) is 1.87. The molecule has 3 heteroatoms. The van der Waals surface area contributed by atoms with Crippen LogP contribution in [0, 0.1) is 0 Å². The fourth-order valence-corrected chi connectivity index (χ4v) is 1.74. The van der Waals surface area contributed by atoms with E-state index in [1.165, 1.54) is 0 Å². The molecular formula is C5H7NS2. The monoisotopic (exact) mass is 145 g/mol. The third kappa shape index (κ3) is 1.56. The third-order valence-electron chi connectivity index (χ3n) is 0.909. The number of hydrogen-bond acceptors (Lipinski definition) is 2. The maximum atomic E-state index is 4.88. The molecule has 1 aliphatic heterocycles. The van der Waals surface area contributed by atoms with Crippen molar-refractivity contribution in [2.24, 2.45) is 4.99 Å². The van der Waals surface area contributed by atoms with E-state index < -0.39 is 0 Å². The van der Waals surface area contributed by atoms with E-state index in [9.17, 15) is 0 Å². The molecule has 0 spiro atoms. The van der Waals surface area contributed by atoms with E-state index in [1.807, 2.05) is 6.92 Å². The minimum absolute atomic E-state index is 0.862.